The van der Waals surface area contributed by atoms with E-state index in [0.29, 0.717) is 17.9 Å². The summed E-state index contributed by atoms with van der Waals surface area (Å²) >= 11 is 0. The Kier molecular flexibility index (Phi) is 4.05. The molecule has 0 fully saturated rings. The van der Waals surface area contributed by atoms with E-state index in [2.05, 4.69) is 10.1 Å². The van der Waals surface area contributed by atoms with E-state index in [1.165, 1.54) is 19.4 Å². The molecule has 104 valence electrons. The normalized spacial score (nSPS) is 10.1. The average Bonchev–Trinajstić information content (AvgIpc) is 2.94. The number of carbonyl (C=O) groups is 2. The standard InChI is InChI=1S/C14H13NO5/c1-19-14(18)9-2-4-11(5-3-9)15-7-12-6-10(8-20-12)13(16)17/h2-6,8,15H,7H2,1H3,(H,16,17). The number of rotatable bonds is 5. The summed E-state index contributed by atoms with van der Waals surface area (Å²) in [4.78, 5) is 22.0. The van der Waals surface area contributed by atoms with Crippen LogP contribution >= 0.6 is 0 Å². The molecule has 0 aliphatic rings. The molecule has 1 heterocycles. The number of esters is 1. The Morgan fingerprint density at radius 3 is 2.50 bits per heavy atom. The zero-order valence-corrected chi connectivity index (χ0v) is 10.8. The lowest BCUT2D eigenvalue weighted by molar-refractivity contribution is 0.0600. The number of hydrogen-bond donors (Lipinski definition) is 2. The topological polar surface area (TPSA) is 88.8 Å². The van der Waals surface area contributed by atoms with Crippen molar-refractivity contribution >= 4 is 17.6 Å². The molecular formula is C14H13NO5. The smallest absolute Gasteiger partial charge is 0.338 e. The number of anilines is 1. The van der Waals surface area contributed by atoms with Crippen molar-refractivity contribution in [3.63, 3.8) is 0 Å². The van der Waals surface area contributed by atoms with Gasteiger partial charge in [-0.15, -0.1) is 0 Å². The molecule has 2 aromatic rings. The SMILES string of the molecule is COC(=O)c1ccc(NCc2cc(C(=O)O)co2)cc1. The molecule has 0 saturated carbocycles. The van der Waals surface area contributed by atoms with Gasteiger partial charge < -0.3 is 19.6 Å². The minimum absolute atomic E-state index is 0.114. The lowest BCUT2D eigenvalue weighted by Gasteiger charge is -2.05. The molecular weight excluding hydrogens is 262 g/mol. The third-order valence-electron chi connectivity index (χ3n) is 2.67. The fourth-order valence-electron chi connectivity index (χ4n) is 1.62. The first kappa shape index (κ1) is 13.7. The van der Waals surface area contributed by atoms with E-state index in [4.69, 9.17) is 9.52 Å². The predicted octanol–water partition coefficient (Wildman–Crippen LogP) is 2.38. The van der Waals surface area contributed by atoms with Gasteiger partial charge in [-0.05, 0) is 30.3 Å². The largest absolute Gasteiger partial charge is 0.478 e. The van der Waals surface area contributed by atoms with Crippen molar-refractivity contribution in [1.82, 2.24) is 0 Å². The van der Waals surface area contributed by atoms with Crippen LogP contribution in [0.15, 0.2) is 41.0 Å². The Hall–Kier alpha value is -2.76. The van der Waals surface area contributed by atoms with Crippen LogP contribution in [0.3, 0.4) is 0 Å². The van der Waals surface area contributed by atoms with E-state index in [1.807, 2.05) is 0 Å². The van der Waals surface area contributed by atoms with Crippen molar-refractivity contribution in [3.8, 4) is 0 Å². The van der Waals surface area contributed by atoms with Gasteiger partial charge in [0.05, 0.1) is 24.8 Å². The van der Waals surface area contributed by atoms with Crippen LogP contribution in [0, 0.1) is 0 Å². The van der Waals surface area contributed by atoms with E-state index in [-0.39, 0.29) is 5.56 Å². The van der Waals surface area contributed by atoms with Gasteiger partial charge in [0, 0.05) is 5.69 Å². The van der Waals surface area contributed by atoms with Gasteiger partial charge in [-0.25, -0.2) is 9.59 Å². The number of carboxylic acid groups (broad SMARTS) is 1. The molecule has 0 aliphatic carbocycles. The van der Waals surface area contributed by atoms with Crippen molar-refractivity contribution < 1.29 is 23.8 Å². The van der Waals surface area contributed by atoms with Crippen LogP contribution in [0.4, 0.5) is 5.69 Å². The lowest BCUT2D eigenvalue weighted by Crippen LogP contribution is -2.02. The van der Waals surface area contributed by atoms with Crippen molar-refractivity contribution in [3.05, 3.63) is 53.5 Å². The van der Waals surface area contributed by atoms with Crippen LogP contribution in [0.25, 0.3) is 0 Å². The lowest BCUT2D eigenvalue weighted by atomic mass is 10.2. The molecule has 0 radical (unpaired) electrons. The number of carboxylic acids is 1. The molecule has 2 N–H and O–H groups in total. The van der Waals surface area contributed by atoms with Gasteiger partial charge >= 0.3 is 11.9 Å². The third-order valence-corrected chi connectivity index (χ3v) is 2.67. The fraction of sp³-hybridized carbons (Fsp3) is 0.143. The van der Waals surface area contributed by atoms with Gasteiger partial charge in [0.15, 0.2) is 0 Å². The Morgan fingerprint density at radius 1 is 1.25 bits per heavy atom. The van der Waals surface area contributed by atoms with Crippen LogP contribution in [-0.4, -0.2) is 24.2 Å². The van der Waals surface area contributed by atoms with E-state index in [0.717, 1.165) is 5.69 Å². The molecule has 0 bridgehead atoms. The van der Waals surface area contributed by atoms with E-state index in [9.17, 15) is 9.59 Å². The van der Waals surface area contributed by atoms with Gasteiger partial charge in [-0.1, -0.05) is 0 Å². The molecule has 20 heavy (non-hydrogen) atoms. The van der Waals surface area contributed by atoms with Crippen LogP contribution in [0.5, 0.6) is 0 Å². The zero-order valence-electron chi connectivity index (χ0n) is 10.8. The van der Waals surface area contributed by atoms with Crippen LogP contribution in [0.2, 0.25) is 0 Å². The summed E-state index contributed by atoms with van der Waals surface area (Å²) in [7, 11) is 1.32. The molecule has 1 aromatic heterocycles. The molecule has 0 atom stereocenters. The number of carbonyl (C=O) groups excluding carboxylic acids is 1. The highest BCUT2D eigenvalue weighted by Gasteiger charge is 2.08. The number of benzene rings is 1. The number of hydrogen-bond acceptors (Lipinski definition) is 5. The molecule has 6 nitrogen and oxygen atoms in total. The Bertz CT molecular complexity index is 615. The second kappa shape index (κ2) is 5.92. The summed E-state index contributed by atoms with van der Waals surface area (Å²) < 4.78 is 9.71. The van der Waals surface area contributed by atoms with Crippen molar-refractivity contribution in [1.29, 1.82) is 0 Å². The molecule has 0 spiro atoms. The van der Waals surface area contributed by atoms with E-state index >= 15 is 0 Å². The first-order valence-corrected chi connectivity index (χ1v) is 5.83. The summed E-state index contributed by atoms with van der Waals surface area (Å²) in [6.45, 7) is 0.352. The number of methoxy groups -OCH3 is 1. The third kappa shape index (κ3) is 3.17. The second-order valence-electron chi connectivity index (χ2n) is 4.03. The van der Waals surface area contributed by atoms with Crippen LogP contribution in [0.1, 0.15) is 26.5 Å². The quantitative estimate of drug-likeness (QED) is 0.814. The number of aromatic carboxylic acids is 1. The number of furan rings is 1. The maximum Gasteiger partial charge on any atom is 0.338 e. The molecule has 1 aromatic carbocycles. The van der Waals surface area contributed by atoms with Gasteiger partial charge in [-0.2, -0.15) is 0 Å². The highest BCUT2D eigenvalue weighted by molar-refractivity contribution is 5.89. The molecule has 0 aliphatic heterocycles. The molecule has 0 amide bonds. The maximum absolute atomic E-state index is 11.3. The zero-order chi connectivity index (χ0) is 14.5. The average molecular weight is 275 g/mol. The summed E-state index contributed by atoms with van der Waals surface area (Å²) in [6.07, 6.45) is 1.19. The Balaban J connectivity index is 1.96. The minimum atomic E-state index is -1.03. The summed E-state index contributed by atoms with van der Waals surface area (Å²) in [5.74, 6) is -0.907. The van der Waals surface area contributed by atoms with Gasteiger partial charge in [-0.3, -0.25) is 0 Å². The molecule has 6 heteroatoms. The molecule has 2 rings (SSSR count). The maximum atomic E-state index is 11.3. The van der Waals surface area contributed by atoms with Crippen molar-refractivity contribution in [2.75, 3.05) is 12.4 Å². The van der Waals surface area contributed by atoms with Crippen molar-refractivity contribution in [2.45, 2.75) is 6.54 Å². The van der Waals surface area contributed by atoms with Crippen molar-refractivity contribution in [2.24, 2.45) is 0 Å². The monoisotopic (exact) mass is 275 g/mol. The molecule has 0 saturated heterocycles. The number of ether oxygens (including phenoxy) is 1. The van der Waals surface area contributed by atoms with Crippen LogP contribution in [-0.2, 0) is 11.3 Å². The first-order valence-electron chi connectivity index (χ1n) is 5.83. The minimum Gasteiger partial charge on any atom is -0.478 e. The van der Waals surface area contributed by atoms with E-state index in [1.54, 1.807) is 24.3 Å². The van der Waals surface area contributed by atoms with Crippen LogP contribution < -0.4 is 5.32 Å². The first-order chi connectivity index (χ1) is 9.60. The Morgan fingerprint density at radius 2 is 1.95 bits per heavy atom. The fourth-order valence-corrected chi connectivity index (χ4v) is 1.62. The number of nitrogens with one attached hydrogen (secondary N) is 1. The highest BCUT2D eigenvalue weighted by atomic mass is 16.5. The molecule has 0 unspecified atom stereocenters. The van der Waals surface area contributed by atoms with Gasteiger partial charge in [0.1, 0.15) is 12.0 Å². The van der Waals surface area contributed by atoms with Gasteiger partial charge in [0.25, 0.3) is 0 Å². The van der Waals surface area contributed by atoms with Gasteiger partial charge in [0.2, 0.25) is 0 Å². The second-order valence-corrected chi connectivity index (χ2v) is 4.03. The summed E-state index contributed by atoms with van der Waals surface area (Å²) in [6, 6.07) is 8.19. The highest BCUT2D eigenvalue weighted by Crippen LogP contribution is 2.13. The predicted molar refractivity (Wildman–Crippen MR) is 70.8 cm³/mol. The Labute approximate surface area is 115 Å². The summed E-state index contributed by atoms with van der Waals surface area (Å²) in [5.41, 5.74) is 1.36. The van der Waals surface area contributed by atoms with E-state index < -0.39 is 11.9 Å². The summed E-state index contributed by atoms with van der Waals surface area (Å²) in [5, 5.41) is 11.8.